The van der Waals surface area contributed by atoms with Crippen LogP contribution in [0.1, 0.15) is 30.4 Å². The zero-order valence-corrected chi connectivity index (χ0v) is 13.3. The molecule has 2 saturated heterocycles. The summed E-state index contributed by atoms with van der Waals surface area (Å²) in [6, 6.07) is 6.05. The Balaban J connectivity index is 1.58. The van der Waals surface area contributed by atoms with E-state index in [4.69, 9.17) is 9.47 Å². The molecule has 0 unspecified atom stereocenters. The summed E-state index contributed by atoms with van der Waals surface area (Å²) in [7, 11) is 0. The summed E-state index contributed by atoms with van der Waals surface area (Å²) >= 11 is 0. The second kappa shape index (κ2) is 6.26. The molecule has 2 atom stereocenters. The molecular weight excluding hydrogens is 280 g/mol. The topological polar surface area (TPSA) is 59.6 Å². The highest BCUT2D eigenvalue weighted by Gasteiger charge is 2.41. The smallest absolute Gasteiger partial charge is 0.319 e. The van der Waals surface area contributed by atoms with Gasteiger partial charge in [-0.3, -0.25) is 0 Å². The van der Waals surface area contributed by atoms with Crippen LogP contribution in [0.5, 0.6) is 0 Å². The molecule has 1 aromatic rings. The van der Waals surface area contributed by atoms with Crippen LogP contribution in [0.3, 0.4) is 0 Å². The fourth-order valence-corrected chi connectivity index (χ4v) is 3.23. The van der Waals surface area contributed by atoms with E-state index in [0.29, 0.717) is 13.2 Å². The first-order chi connectivity index (χ1) is 10.6. The molecule has 22 heavy (non-hydrogen) atoms. The molecule has 2 aliphatic heterocycles. The van der Waals surface area contributed by atoms with Gasteiger partial charge in [-0.1, -0.05) is 12.1 Å². The largest absolute Gasteiger partial charge is 0.378 e. The predicted octanol–water partition coefficient (Wildman–Crippen LogP) is 2.76. The predicted molar refractivity (Wildman–Crippen MR) is 85.2 cm³/mol. The van der Waals surface area contributed by atoms with E-state index >= 15 is 0 Å². The van der Waals surface area contributed by atoms with Crippen LogP contribution < -0.4 is 10.6 Å². The summed E-state index contributed by atoms with van der Waals surface area (Å²) in [5.74, 6) is 0. The van der Waals surface area contributed by atoms with Gasteiger partial charge in [0.05, 0.1) is 12.2 Å². The SMILES string of the molecule is Cc1ccc(C)c(NC(=O)N[C@@H]2CCO[C@]3(CCOC3)C2)c1. The Bertz CT molecular complexity index is 553. The van der Waals surface area contributed by atoms with E-state index in [2.05, 4.69) is 10.6 Å². The number of carbonyl (C=O) groups excluding carboxylic acids is 1. The van der Waals surface area contributed by atoms with Crippen molar-refractivity contribution < 1.29 is 14.3 Å². The van der Waals surface area contributed by atoms with Crippen LogP contribution in [-0.4, -0.2) is 37.5 Å². The van der Waals surface area contributed by atoms with Gasteiger partial charge in [0.25, 0.3) is 0 Å². The monoisotopic (exact) mass is 304 g/mol. The van der Waals surface area contributed by atoms with Crippen LogP contribution in [-0.2, 0) is 9.47 Å². The number of nitrogens with one attached hydrogen (secondary N) is 2. The molecule has 0 radical (unpaired) electrons. The van der Waals surface area contributed by atoms with Crippen molar-refractivity contribution >= 4 is 11.7 Å². The molecule has 2 fully saturated rings. The summed E-state index contributed by atoms with van der Waals surface area (Å²) in [6.07, 6.45) is 2.60. The molecule has 0 bridgehead atoms. The summed E-state index contributed by atoms with van der Waals surface area (Å²) in [5, 5.41) is 6.03. The number of benzene rings is 1. The van der Waals surface area contributed by atoms with Gasteiger partial charge in [-0.15, -0.1) is 0 Å². The standard InChI is InChI=1S/C17H24N2O3/c1-12-3-4-13(2)15(9-12)19-16(20)18-14-5-7-22-17(10-14)6-8-21-11-17/h3-4,9,14H,5-8,10-11H2,1-2H3,(H2,18,19,20)/t14-,17-/m1/s1. The number of urea groups is 1. The number of rotatable bonds is 2. The highest BCUT2D eigenvalue weighted by molar-refractivity contribution is 5.90. The summed E-state index contributed by atoms with van der Waals surface area (Å²) in [4.78, 5) is 12.3. The third-order valence-electron chi connectivity index (χ3n) is 4.54. The van der Waals surface area contributed by atoms with Gasteiger partial charge in [0.15, 0.2) is 0 Å². The van der Waals surface area contributed by atoms with Crippen LogP contribution in [0, 0.1) is 13.8 Å². The van der Waals surface area contributed by atoms with Gasteiger partial charge in [0.1, 0.15) is 0 Å². The lowest BCUT2D eigenvalue weighted by Crippen LogP contribution is -2.49. The minimum atomic E-state index is -0.185. The zero-order chi connectivity index (χ0) is 15.6. The first kappa shape index (κ1) is 15.3. The van der Waals surface area contributed by atoms with Crippen LogP contribution in [0.15, 0.2) is 18.2 Å². The molecule has 2 amide bonds. The van der Waals surface area contributed by atoms with Gasteiger partial charge in [-0.05, 0) is 43.9 Å². The van der Waals surface area contributed by atoms with Gasteiger partial charge in [-0.2, -0.15) is 0 Å². The third kappa shape index (κ3) is 3.42. The molecule has 2 aliphatic rings. The number of carbonyl (C=O) groups is 1. The maximum atomic E-state index is 12.3. The lowest BCUT2D eigenvalue weighted by Gasteiger charge is -2.37. The van der Waals surface area contributed by atoms with E-state index < -0.39 is 0 Å². The van der Waals surface area contributed by atoms with Crippen molar-refractivity contribution in [2.45, 2.75) is 44.8 Å². The molecule has 1 spiro atoms. The van der Waals surface area contributed by atoms with Crippen LogP contribution in [0.2, 0.25) is 0 Å². The molecule has 120 valence electrons. The lowest BCUT2D eigenvalue weighted by molar-refractivity contribution is -0.0877. The van der Waals surface area contributed by atoms with Crippen LogP contribution in [0.25, 0.3) is 0 Å². The highest BCUT2D eigenvalue weighted by Crippen LogP contribution is 2.32. The van der Waals surface area contributed by atoms with E-state index in [1.165, 1.54) is 0 Å². The Kier molecular flexibility index (Phi) is 4.36. The minimum Gasteiger partial charge on any atom is -0.378 e. The summed E-state index contributed by atoms with van der Waals surface area (Å²) < 4.78 is 11.4. The number of amides is 2. The number of anilines is 1. The van der Waals surface area contributed by atoms with Crippen molar-refractivity contribution in [3.8, 4) is 0 Å². The van der Waals surface area contributed by atoms with Gasteiger partial charge < -0.3 is 20.1 Å². The van der Waals surface area contributed by atoms with Crippen molar-refractivity contribution in [3.05, 3.63) is 29.3 Å². The van der Waals surface area contributed by atoms with Crippen LogP contribution >= 0.6 is 0 Å². The molecule has 0 aliphatic carbocycles. The Hall–Kier alpha value is -1.59. The van der Waals surface area contributed by atoms with Crippen molar-refractivity contribution in [3.63, 3.8) is 0 Å². The average Bonchev–Trinajstić information content (AvgIpc) is 2.90. The first-order valence-corrected chi connectivity index (χ1v) is 7.93. The molecule has 1 aromatic carbocycles. The Morgan fingerprint density at radius 2 is 2.18 bits per heavy atom. The first-order valence-electron chi connectivity index (χ1n) is 7.93. The molecule has 5 nitrogen and oxygen atoms in total. The van der Waals surface area contributed by atoms with Crippen LogP contribution in [0.4, 0.5) is 10.5 Å². The van der Waals surface area contributed by atoms with Crippen molar-refractivity contribution in [1.29, 1.82) is 0 Å². The number of hydrogen-bond acceptors (Lipinski definition) is 3. The number of ether oxygens (including phenoxy) is 2. The van der Waals surface area contributed by atoms with E-state index in [-0.39, 0.29) is 17.7 Å². The van der Waals surface area contributed by atoms with Gasteiger partial charge in [-0.25, -0.2) is 4.79 Å². The lowest BCUT2D eigenvalue weighted by atomic mass is 9.90. The maximum Gasteiger partial charge on any atom is 0.319 e. The van der Waals surface area contributed by atoms with E-state index in [0.717, 1.165) is 42.7 Å². The van der Waals surface area contributed by atoms with Gasteiger partial charge in [0, 0.05) is 31.4 Å². The molecule has 2 heterocycles. The average molecular weight is 304 g/mol. The molecule has 5 heteroatoms. The molecular formula is C17H24N2O3. The van der Waals surface area contributed by atoms with Crippen molar-refractivity contribution in [1.82, 2.24) is 5.32 Å². The Morgan fingerprint density at radius 3 is 2.95 bits per heavy atom. The second-order valence-electron chi connectivity index (χ2n) is 6.44. The third-order valence-corrected chi connectivity index (χ3v) is 4.54. The molecule has 0 saturated carbocycles. The minimum absolute atomic E-state index is 0.139. The number of aryl methyl sites for hydroxylation is 2. The molecule has 2 N–H and O–H groups in total. The van der Waals surface area contributed by atoms with Gasteiger partial charge >= 0.3 is 6.03 Å². The zero-order valence-electron chi connectivity index (χ0n) is 13.3. The summed E-state index contributed by atoms with van der Waals surface area (Å²) in [6.45, 7) is 6.09. The quantitative estimate of drug-likeness (QED) is 0.883. The highest BCUT2D eigenvalue weighted by atomic mass is 16.6. The normalized spacial score (nSPS) is 27.8. The summed E-state index contributed by atoms with van der Waals surface area (Å²) in [5.41, 5.74) is 2.88. The molecule has 3 rings (SSSR count). The molecule has 0 aromatic heterocycles. The van der Waals surface area contributed by atoms with E-state index in [1.807, 2.05) is 32.0 Å². The fraction of sp³-hybridized carbons (Fsp3) is 0.588. The fourth-order valence-electron chi connectivity index (χ4n) is 3.23. The maximum absolute atomic E-state index is 12.3. The van der Waals surface area contributed by atoms with Crippen molar-refractivity contribution in [2.75, 3.05) is 25.1 Å². The Labute approximate surface area is 131 Å². The number of hydrogen-bond donors (Lipinski definition) is 2. The van der Waals surface area contributed by atoms with E-state index in [9.17, 15) is 4.79 Å². The Morgan fingerprint density at radius 1 is 1.32 bits per heavy atom. The van der Waals surface area contributed by atoms with Crippen molar-refractivity contribution in [2.24, 2.45) is 0 Å². The van der Waals surface area contributed by atoms with Gasteiger partial charge in [0.2, 0.25) is 0 Å². The second-order valence-corrected chi connectivity index (χ2v) is 6.44. The van der Waals surface area contributed by atoms with E-state index in [1.54, 1.807) is 0 Å².